The first-order valence-corrected chi connectivity index (χ1v) is 12.7. The Labute approximate surface area is 213 Å². The third-order valence-corrected chi connectivity index (χ3v) is 6.38. The van der Waals surface area contributed by atoms with Crippen molar-refractivity contribution in [3.05, 3.63) is 35.9 Å². The minimum absolute atomic E-state index is 0.0398. The van der Waals surface area contributed by atoms with Crippen molar-refractivity contribution in [3.8, 4) is 0 Å². The van der Waals surface area contributed by atoms with Gasteiger partial charge in [0.2, 0.25) is 17.7 Å². The molecule has 11 heteroatoms. The Balaban J connectivity index is 1.98. The minimum Gasteiger partial charge on any atom is -0.370 e. The van der Waals surface area contributed by atoms with E-state index >= 15 is 0 Å². The molecule has 1 aliphatic rings. The van der Waals surface area contributed by atoms with Gasteiger partial charge in [-0.2, -0.15) is 0 Å². The number of hydrogen-bond donors (Lipinski definition) is 6. The van der Waals surface area contributed by atoms with Crippen LogP contribution in [0.3, 0.4) is 0 Å². The Hall–Kier alpha value is -3.18. The van der Waals surface area contributed by atoms with E-state index in [1.54, 1.807) is 0 Å². The molecule has 0 bridgehead atoms. The minimum atomic E-state index is -0.880. The van der Waals surface area contributed by atoms with Crippen LogP contribution in [-0.2, 0) is 20.8 Å². The lowest BCUT2D eigenvalue weighted by molar-refractivity contribution is -0.133. The molecule has 0 aliphatic carbocycles. The number of benzene rings is 1. The van der Waals surface area contributed by atoms with E-state index in [-0.39, 0.29) is 24.3 Å². The van der Waals surface area contributed by atoms with Crippen molar-refractivity contribution < 1.29 is 14.4 Å². The van der Waals surface area contributed by atoms with Crippen LogP contribution in [0.1, 0.15) is 50.5 Å². The maximum Gasteiger partial charge on any atom is 0.243 e. The van der Waals surface area contributed by atoms with E-state index in [0.29, 0.717) is 32.4 Å². The highest BCUT2D eigenvalue weighted by atomic mass is 16.2. The molecule has 1 aliphatic heterocycles. The molecule has 0 saturated carbocycles. The van der Waals surface area contributed by atoms with Gasteiger partial charge in [0.05, 0.1) is 6.04 Å². The van der Waals surface area contributed by atoms with Crippen LogP contribution in [-0.4, -0.2) is 72.9 Å². The summed E-state index contributed by atoms with van der Waals surface area (Å²) in [6.45, 7) is 2.42. The number of carbonyl (C=O) groups excluding carboxylic acids is 3. The van der Waals surface area contributed by atoms with E-state index in [1.165, 1.54) is 5.56 Å². The third-order valence-electron chi connectivity index (χ3n) is 6.38. The number of likely N-dealkylation sites (tertiary alicyclic amines) is 1. The fourth-order valence-electron chi connectivity index (χ4n) is 4.40. The second-order valence-corrected chi connectivity index (χ2v) is 9.19. The van der Waals surface area contributed by atoms with Crippen molar-refractivity contribution in [3.63, 3.8) is 0 Å². The van der Waals surface area contributed by atoms with Crippen LogP contribution in [0.25, 0.3) is 0 Å². The summed E-state index contributed by atoms with van der Waals surface area (Å²) < 4.78 is 0. The van der Waals surface area contributed by atoms with Crippen molar-refractivity contribution in [1.29, 1.82) is 0 Å². The molecule has 11 nitrogen and oxygen atoms in total. The summed E-state index contributed by atoms with van der Waals surface area (Å²) in [5.41, 5.74) is 23.0. The largest absolute Gasteiger partial charge is 0.370 e. The van der Waals surface area contributed by atoms with Crippen LogP contribution < -0.4 is 33.6 Å². The van der Waals surface area contributed by atoms with Crippen LogP contribution in [0.5, 0.6) is 0 Å². The summed E-state index contributed by atoms with van der Waals surface area (Å²) in [4.78, 5) is 44.3. The van der Waals surface area contributed by atoms with Gasteiger partial charge in [0.1, 0.15) is 12.1 Å². The summed E-state index contributed by atoms with van der Waals surface area (Å²) in [5, 5.41) is 5.63. The zero-order valence-corrected chi connectivity index (χ0v) is 21.0. The summed E-state index contributed by atoms with van der Waals surface area (Å²) in [7, 11) is 0. The molecule has 2 rings (SSSR count). The molecule has 0 spiro atoms. The zero-order valence-electron chi connectivity index (χ0n) is 21.0. The molecule has 1 fully saturated rings. The van der Waals surface area contributed by atoms with E-state index in [1.807, 2.05) is 18.2 Å². The molecule has 1 aromatic rings. The van der Waals surface area contributed by atoms with Crippen LogP contribution in [0.2, 0.25) is 0 Å². The molecule has 10 N–H and O–H groups in total. The van der Waals surface area contributed by atoms with Gasteiger partial charge in [0.25, 0.3) is 0 Å². The van der Waals surface area contributed by atoms with Gasteiger partial charge in [0.15, 0.2) is 5.96 Å². The average molecular weight is 503 g/mol. The molecule has 0 aromatic heterocycles. The van der Waals surface area contributed by atoms with Crippen LogP contribution >= 0.6 is 0 Å². The van der Waals surface area contributed by atoms with Gasteiger partial charge in [0, 0.05) is 13.1 Å². The standard InChI is InChI=1S/C25H42N8O3/c26-14-5-4-10-20(23(35)31-19(22(27)34)11-6-15-30-25(28)29)32-24(36)21-12-7-16-33(21)17-13-18-8-2-1-3-9-18/h1-3,8-9,19-21H,4-7,10-17,26H2,(H2,27,34)(H,31,35)(H,32,36)(H4,28,29,30)/t19-,20-,21-/m0/s1. The molecule has 0 radical (unpaired) electrons. The van der Waals surface area contributed by atoms with Gasteiger partial charge in [-0.1, -0.05) is 30.3 Å². The highest BCUT2D eigenvalue weighted by Crippen LogP contribution is 2.19. The van der Waals surface area contributed by atoms with Crippen LogP contribution in [0, 0.1) is 0 Å². The topological polar surface area (TPSA) is 195 Å². The molecule has 3 atom stereocenters. The molecular weight excluding hydrogens is 460 g/mol. The predicted octanol–water partition coefficient (Wildman–Crippen LogP) is -0.669. The molecule has 3 amide bonds. The van der Waals surface area contributed by atoms with Crippen molar-refractivity contribution in [2.75, 3.05) is 26.2 Å². The molecule has 1 saturated heterocycles. The molecule has 36 heavy (non-hydrogen) atoms. The van der Waals surface area contributed by atoms with Gasteiger partial charge < -0.3 is 33.6 Å². The average Bonchev–Trinajstić information content (AvgIpc) is 3.33. The monoisotopic (exact) mass is 502 g/mol. The first kappa shape index (κ1) is 29.1. The van der Waals surface area contributed by atoms with Gasteiger partial charge in [-0.15, -0.1) is 0 Å². The SMILES string of the molecule is NCCCC[C@H](NC(=O)[C@@H]1CCCN1CCc1ccccc1)C(=O)N[C@@H](CCCN=C(N)N)C(N)=O. The van der Waals surface area contributed by atoms with E-state index < -0.39 is 23.9 Å². The number of nitrogens with one attached hydrogen (secondary N) is 2. The van der Waals surface area contributed by atoms with Crippen LogP contribution in [0.15, 0.2) is 35.3 Å². The fourth-order valence-corrected chi connectivity index (χ4v) is 4.40. The van der Waals surface area contributed by atoms with Crippen molar-refractivity contribution in [2.24, 2.45) is 27.9 Å². The molecule has 0 unspecified atom stereocenters. The Morgan fingerprint density at radius 2 is 1.72 bits per heavy atom. The number of aliphatic imine (C=N–C) groups is 1. The number of nitrogens with zero attached hydrogens (tertiary/aromatic N) is 2. The molecule has 1 heterocycles. The molecule has 200 valence electrons. The number of nitrogens with two attached hydrogens (primary N) is 4. The van der Waals surface area contributed by atoms with E-state index in [2.05, 4.69) is 32.7 Å². The quantitative estimate of drug-likeness (QED) is 0.0979. The van der Waals surface area contributed by atoms with E-state index in [4.69, 9.17) is 22.9 Å². The lowest BCUT2D eigenvalue weighted by atomic mass is 10.1. The van der Waals surface area contributed by atoms with Gasteiger partial charge >= 0.3 is 0 Å². The molecule has 1 aromatic carbocycles. The smallest absolute Gasteiger partial charge is 0.243 e. The lowest BCUT2D eigenvalue weighted by Crippen LogP contribution is -2.55. The number of hydrogen-bond acceptors (Lipinski definition) is 6. The summed E-state index contributed by atoms with van der Waals surface area (Å²) in [6, 6.07) is 8.21. The summed E-state index contributed by atoms with van der Waals surface area (Å²) in [6.07, 6.45) is 5.10. The van der Waals surface area contributed by atoms with E-state index in [0.717, 1.165) is 38.8 Å². The predicted molar refractivity (Wildman–Crippen MR) is 141 cm³/mol. The fraction of sp³-hybridized carbons (Fsp3) is 0.600. The van der Waals surface area contributed by atoms with Gasteiger partial charge in [-0.05, 0) is 70.0 Å². The first-order valence-electron chi connectivity index (χ1n) is 12.7. The highest BCUT2D eigenvalue weighted by Gasteiger charge is 2.33. The Bertz CT molecular complexity index is 860. The lowest BCUT2D eigenvalue weighted by Gasteiger charge is -2.27. The number of amides is 3. The first-order chi connectivity index (χ1) is 17.3. The number of guanidine groups is 1. The summed E-state index contributed by atoms with van der Waals surface area (Å²) in [5.74, 6) is -1.29. The normalized spacial score (nSPS) is 17.2. The van der Waals surface area contributed by atoms with Gasteiger partial charge in [-0.25, -0.2) is 0 Å². The number of primary amides is 1. The zero-order chi connectivity index (χ0) is 26.3. The number of carbonyl (C=O) groups is 3. The van der Waals surface area contributed by atoms with Gasteiger partial charge in [-0.3, -0.25) is 24.3 Å². The number of rotatable bonds is 16. The Kier molecular flexibility index (Phi) is 12.7. The maximum absolute atomic E-state index is 13.2. The summed E-state index contributed by atoms with van der Waals surface area (Å²) >= 11 is 0. The van der Waals surface area contributed by atoms with Crippen LogP contribution in [0.4, 0.5) is 0 Å². The third kappa shape index (κ3) is 10.2. The second-order valence-electron chi connectivity index (χ2n) is 9.19. The van der Waals surface area contributed by atoms with Crippen molar-refractivity contribution in [1.82, 2.24) is 15.5 Å². The van der Waals surface area contributed by atoms with Crippen molar-refractivity contribution >= 4 is 23.7 Å². The molecular formula is C25H42N8O3. The Morgan fingerprint density at radius 1 is 1.00 bits per heavy atom. The second kappa shape index (κ2) is 15.7. The Morgan fingerprint density at radius 3 is 2.39 bits per heavy atom. The van der Waals surface area contributed by atoms with Crippen molar-refractivity contribution in [2.45, 2.75) is 69.5 Å². The number of unbranched alkanes of at least 4 members (excludes halogenated alkanes) is 1. The van der Waals surface area contributed by atoms with E-state index in [9.17, 15) is 14.4 Å². The maximum atomic E-state index is 13.2. The highest BCUT2D eigenvalue weighted by molar-refractivity contribution is 5.92.